The van der Waals surface area contributed by atoms with Gasteiger partial charge >= 0.3 is 0 Å². The van der Waals surface area contributed by atoms with Gasteiger partial charge in [-0.3, -0.25) is 0 Å². The predicted octanol–water partition coefficient (Wildman–Crippen LogP) is 20.8. The Labute approximate surface area is 461 Å². The van der Waals surface area contributed by atoms with Gasteiger partial charge in [-0.25, -0.2) is 0 Å². The zero-order chi connectivity index (χ0) is 53.8. The van der Waals surface area contributed by atoms with E-state index in [1.807, 2.05) is 0 Å². The first kappa shape index (κ1) is 52.6. The molecule has 0 aliphatic heterocycles. The minimum atomic E-state index is -0.199. The number of hydrogen-bond donors (Lipinski definition) is 0. The molecule has 0 unspecified atom stereocenters. The van der Waals surface area contributed by atoms with Crippen LogP contribution < -0.4 is 0 Å². The number of hydrogen-bond acceptors (Lipinski definition) is 0. The van der Waals surface area contributed by atoms with Crippen LogP contribution in [0.2, 0.25) is 0 Å². The van der Waals surface area contributed by atoms with Gasteiger partial charge in [0.05, 0.1) is 5.41 Å². The molecule has 0 amide bonds. The Hall–Kier alpha value is -7.80. The molecule has 0 heteroatoms. The fraction of sp³-hybridized carbons (Fsp3) is 0.221. The van der Waals surface area contributed by atoms with Crippen molar-refractivity contribution in [2.24, 2.45) is 0 Å². The second-order valence-corrected chi connectivity index (χ2v) is 22.7. The van der Waals surface area contributed by atoms with Crippen molar-refractivity contribution < 1.29 is 0 Å². The third-order valence-electron chi connectivity index (χ3n) is 16.8. The molecule has 1 spiro atoms. The number of fused-ring (bicyclic) bond motifs is 10. The van der Waals surface area contributed by atoms with Gasteiger partial charge in [0.25, 0.3) is 0 Å². The van der Waals surface area contributed by atoms with Crippen LogP contribution >= 0.6 is 0 Å². The van der Waals surface area contributed by atoms with Gasteiger partial charge in [-0.15, -0.1) is 0 Å². The molecule has 0 saturated heterocycles. The maximum Gasteiger partial charge on any atom is 0.0725 e. The van der Waals surface area contributed by atoms with Gasteiger partial charge in [-0.2, -0.15) is 0 Å². The van der Waals surface area contributed by atoms with E-state index in [0.717, 1.165) is 0 Å². The summed E-state index contributed by atoms with van der Waals surface area (Å²) >= 11 is 0. The quantitative estimate of drug-likeness (QED) is 0.165. The summed E-state index contributed by atoms with van der Waals surface area (Å²) in [5.74, 6) is 0. The molecule has 77 heavy (non-hydrogen) atoms. The highest BCUT2D eigenvalue weighted by atomic mass is 14.5. The molecule has 1 saturated carbocycles. The van der Waals surface area contributed by atoms with E-state index in [0.29, 0.717) is 0 Å². The van der Waals surface area contributed by atoms with Crippen molar-refractivity contribution in [1.82, 2.24) is 0 Å². The van der Waals surface area contributed by atoms with E-state index < -0.39 is 0 Å². The van der Waals surface area contributed by atoms with Crippen molar-refractivity contribution in [1.29, 1.82) is 0 Å². The summed E-state index contributed by atoms with van der Waals surface area (Å²) in [5, 5.41) is 0. The molecule has 384 valence electrons. The molecule has 0 aromatic heterocycles. The highest BCUT2D eigenvalue weighted by Crippen LogP contribution is 2.63. The van der Waals surface area contributed by atoms with Crippen molar-refractivity contribution in [2.75, 3.05) is 0 Å². The first-order chi connectivity index (χ1) is 37.2. The largest absolute Gasteiger partial charge is 0.0725 e. The Morgan fingerprint density at radius 1 is 0.247 bits per heavy atom. The highest BCUT2D eigenvalue weighted by Gasteiger charge is 2.51. The van der Waals surface area contributed by atoms with Gasteiger partial charge in [-0.1, -0.05) is 282 Å². The molecular weight excluding hydrogens is 925 g/mol. The van der Waals surface area contributed by atoms with E-state index in [2.05, 4.69) is 288 Å². The number of aryl methyl sites for hydroxylation is 10. The third kappa shape index (κ3) is 10.6. The van der Waals surface area contributed by atoms with E-state index in [9.17, 15) is 0 Å². The van der Waals surface area contributed by atoms with Gasteiger partial charge in [-0.05, 0) is 171 Å². The second-order valence-electron chi connectivity index (χ2n) is 22.7. The second kappa shape index (κ2) is 22.4. The van der Waals surface area contributed by atoms with Gasteiger partial charge < -0.3 is 0 Å². The molecule has 3 aliphatic carbocycles. The van der Waals surface area contributed by atoms with E-state index in [1.54, 1.807) is 0 Å². The molecule has 10 aromatic carbocycles. The zero-order valence-corrected chi connectivity index (χ0v) is 47.3. The van der Waals surface area contributed by atoms with Gasteiger partial charge in [0.15, 0.2) is 0 Å². The summed E-state index contributed by atoms with van der Waals surface area (Å²) in [6.45, 7) is 21.6. The molecular formula is C77H76. The summed E-state index contributed by atoms with van der Waals surface area (Å²) in [6, 6.07) is 80.9. The van der Waals surface area contributed by atoms with E-state index in [1.165, 1.54) is 166 Å². The summed E-state index contributed by atoms with van der Waals surface area (Å²) < 4.78 is 0. The van der Waals surface area contributed by atoms with Crippen molar-refractivity contribution >= 4 is 0 Å². The molecule has 0 radical (unpaired) electrons. The molecule has 10 aromatic rings. The normalized spacial score (nSPS) is 13.8. The van der Waals surface area contributed by atoms with Crippen LogP contribution in [-0.2, 0) is 10.8 Å². The molecule has 0 bridgehead atoms. The van der Waals surface area contributed by atoms with Crippen LogP contribution in [-0.4, -0.2) is 0 Å². The van der Waals surface area contributed by atoms with Gasteiger partial charge in [0.1, 0.15) is 0 Å². The van der Waals surface area contributed by atoms with Crippen LogP contribution in [0.1, 0.15) is 121 Å². The maximum atomic E-state index is 2.41. The molecule has 0 nitrogen and oxygen atoms in total. The number of rotatable bonds is 4. The summed E-state index contributed by atoms with van der Waals surface area (Å²) in [5.41, 5.74) is 32.8. The minimum Gasteiger partial charge on any atom is -0.0619 e. The van der Waals surface area contributed by atoms with Gasteiger partial charge in [0.2, 0.25) is 0 Å². The topological polar surface area (TPSA) is 0 Å². The summed E-state index contributed by atoms with van der Waals surface area (Å²) in [6.07, 6.45) is 6.67. The van der Waals surface area contributed by atoms with Gasteiger partial charge in [0, 0.05) is 5.41 Å². The Kier molecular flexibility index (Phi) is 15.3. The van der Waals surface area contributed by atoms with Crippen molar-refractivity contribution in [2.45, 2.75) is 112 Å². The molecule has 0 atom stereocenters. The lowest BCUT2D eigenvalue weighted by atomic mass is 9.65. The fourth-order valence-corrected chi connectivity index (χ4v) is 12.7. The van der Waals surface area contributed by atoms with Crippen molar-refractivity contribution in [3.05, 3.63) is 307 Å². The predicted molar refractivity (Wildman–Crippen MR) is 331 cm³/mol. The van der Waals surface area contributed by atoms with E-state index >= 15 is 0 Å². The first-order valence-electron chi connectivity index (χ1n) is 28.1. The summed E-state index contributed by atoms with van der Waals surface area (Å²) in [4.78, 5) is 0. The first-order valence-corrected chi connectivity index (χ1v) is 28.1. The van der Waals surface area contributed by atoms with E-state index in [-0.39, 0.29) is 10.8 Å². The molecule has 0 N–H and O–H groups in total. The Morgan fingerprint density at radius 2 is 0.545 bits per heavy atom. The minimum absolute atomic E-state index is 0.199. The highest BCUT2D eigenvalue weighted by molar-refractivity contribution is 5.95. The Bertz CT molecular complexity index is 3430. The number of benzene rings is 10. The van der Waals surface area contributed by atoms with Crippen LogP contribution in [0.25, 0.3) is 44.5 Å². The Morgan fingerprint density at radius 3 is 0.909 bits per heavy atom. The molecule has 0 heterocycles. The van der Waals surface area contributed by atoms with Crippen LogP contribution in [0.15, 0.2) is 218 Å². The lowest BCUT2D eigenvalue weighted by Gasteiger charge is -2.38. The standard InChI is InChI=1S/C27H20.C20H24.C16H18.C14H14/c1-17-11-13-21-22-14-12-18(2)16-26(22)27(25(21)15-17)23-9-5-3-7-19(23)20-8-4-6-10-24(20)27;1-16-6-10-18(11-7-16)20(14-4-3-5-15-20)19-12-8-17(2)9-13-19;1-11-5-7-15(13(3)9-11)16-8-6-12(2)10-14(16)4;1-11-3-7-13(8-4-11)14-9-5-12(2)6-10-14/h3-16H,1-2H3;6-13H,3-5,14-15H2,1-2H3;5-10H,1-4H3;3-10H,1-2H3. The monoisotopic (exact) mass is 1000 g/mol. The van der Waals surface area contributed by atoms with Crippen molar-refractivity contribution in [3.8, 4) is 44.5 Å². The lowest BCUT2D eigenvalue weighted by Crippen LogP contribution is -2.30. The van der Waals surface area contributed by atoms with E-state index in [4.69, 9.17) is 0 Å². The molecule has 13 rings (SSSR count). The van der Waals surface area contributed by atoms with Crippen LogP contribution in [0.3, 0.4) is 0 Å². The average Bonchev–Trinajstić information content (AvgIpc) is 4.12. The lowest BCUT2D eigenvalue weighted by molar-refractivity contribution is 0.346. The van der Waals surface area contributed by atoms with Crippen LogP contribution in [0, 0.1) is 69.2 Å². The van der Waals surface area contributed by atoms with Crippen molar-refractivity contribution in [3.63, 3.8) is 0 Å². The SMILES string of the molecule is Cc1ccc(-c2ccc(C)cc2)cc1.Cc1ccc(-c2ccc(C)cc2C)c(C)c1.Cc1ccc(C2(c3ccc(C)cc3)CCCCC2)cc1.Cc1ccc2c(c1)C1(c3ccccc3-c3ccccc31)c1cc(C)ccc1-2. The average molecular weight is 1000 g/mol. The smallest absolute Gasteiger partial charge is 0.0619 e. The van der Waals surface area contributed by atoms with Crippen LogP contribution in [0.4, 0.5) is 0 Å². The Balaban J connectivity index is 0.000000121. The zero-order valence-electron chi connectivity index (χ0n) is 47.3. The van der Waals surface area contributed by atoms with Crippen LogP contribution in [0.5, 0.6) is 0 Å². The summed E-state index contributed by atoms with van der Waals surface area (Å²) in [7, 11) is 0. The third-order valence-corrected chi connectivity index (χ3v) is 16.8. The maximum absolute atomic E-state index is 2.41. The fourth-order valence-electron chi connectivity index (χ4n) is 12.7. The molecule has 1 fully saturated rings. The molecule has 3 aliphatic rings.